The molecule has 0 heterocycles. The lowest BCUT2D eigenvalue weighted by molar-refractivity contribution is -0.139. The second-order valence-corrected chi connectivity index (χ2v) is 6.33. The first-order chi connectivity index (χ1) is 10.1. The number of unbranched alkanes of at least 4 members (excludes halogenated alkanes) is 8. The maximum Gasteiger partial charge on any atom is 0.320 e. The number of carboxylic acid groups (broad SMARTS) is 1. The molecule has 0 amide bonds. The van der Waals surface area contributed by atoms with Gasteiger partial charge < -0.3 is 10.4 Å². The summed E-state index contributed by atoms with van der Waals surface area (Å²) in [5.41, 5.74) is 0. The van der Waals surface area contributed by atoms with Crippen molar-refractivity contribution in [2.75, 3.05) is 0 Å². The van der Waals surface area contributed by atoms with Crippen LogP contribution in [0.1, 0.15) is 97.8 Å². The molecule has 0 radical (unpaired) electrons. The maximum atomic E-state index is 11.0. The Kier molecular flexibility index (Phi) is 14.0. The Labute approximate surface area is 131 Å². The second-order valence-electron chi connectivity index (χ2n) is 6.33. The van der Waals surface area contributed by atoms with Gasteiger partial charge in [-0.15, -0.1) is 0 Å². The lowest BCUT2D eigenvalue weighted by Crippen LogP contribution is -2.41. The first-order valence-corrected chi connectivity index (χ1v) is 9.10. The summed E-state index contributed by atoms with van der Waals surface area (Å²) >= 11 is 0. The number of carbonyl (C=O) groups is 1. The molecule has 0 saturated heterocycles. The van der Waals surface area contributed by atoms with Crippen LogP contribution in [0.4, 0.5) is 0 Å². The predicted octanol–water partition coefficient (Wildman–Crippen LogP) is 5.14. The van der Waals surface area contributed by atoms with E-state index in [0.717, 1.165) is 12.8 Å². The van der Waals surface area contributed by atoms with E-state index in [9.17, 15) is 4.79 Å². The van der Waals surface area contributed by atoms with Gasteiger partial charge in [-0.1, -0.05) is 78.1 Å². The molecule has 0 unspecified atom stereocenters. The summed E-state index contributed by atoms with van der Waals surface area (Å²) in [7, 11) is 0. The van der Waals surface area contributed by atoms with Gasteiger partial charge in [0.05, 0.1) is 0 Å². The number of carboxylic acids is 1. The average molecular weight is 299 g/mol. The molecule has 21 heavy (non-hydrogen) atoms. The van der Waals surface area contributed by atoms with Crippen LogP contribution in [0.15, 0.2) is 0 Å². The molecule has 0 aliphatic carbocycles. The maximum absolute atomic E-state index is 11.0. The van der Waals surface area contributed by atoms with Gasteiger partial charge in [-0.05, 0) is 19.8 Å². The van der Waals surface area contributed by atoms with Crippen molar-refractivity contribution in [3.8, 4) is 0 Å². The summed E-state index contributed by atoms with van der Waals surface area (Å²) in [5, 5.41) is 12.4. The zero-order valence-corrected chi connectivity index (χ0v) is 14.5. The molecule has 0 fully saturated rings. The fraction of sp³-hybridized carbons (Fsp3) is 0.944. The highest BCUT2D eigenvalue weighted by molar-refractivity contribution is 5.72. The topological polar surface area (TPSA) is 49.3 Å². The van der Waals surface area contributed by atoms with Crippen molar-refractivity contribution < 1.29 is 9.90 Å². The number of hydrogen-bond acceptors (Lipinski definition) is 2. The van der Waals surface area contributed by atoms with Gasteiger partial charge in [0.15, 0.2) is 0 Å². The predicted molar refractivity (Wildman–Crippen MR) is 90.8 cm³/mol. The molecular formula is C18H37NO2. The number of aliphatic carboxylic acids is 1. The molecule has 0 saturated carbocycles. The van der Waals surface area contributed by atoms with Crippen LogP contribution >= 0.6 is 0 Å². The van der Waals surface area contributed by atoms with Gasteiger partial charge in [-0.3, -0.25) is 4.79 Å². The van der Waals surface area contributed by atoms with Crippen LogP contribution in [0.2, 0.25) is 0 Å². The summed E-state index contributed by atoms with van der Waals surface area (Å²) in [5.74, 6) is -0.739. The van der Waals surface area contributed by atoms with E-state index in [2.05, 4.69) is 19.2 Å². The Bertz CT molecular complexity index is 229. The minimum absolute atomic E-state index is 0.374. The molecule has 3 heteroatoms. The van der Waals surface area contributed by atoms with Crippen molar-refractivity contribution in [1.29, 1.82) is 0 Å². The Morgan fingerprint density at radius 1 is 0.857 bits per heavy atom. The third-order valence-corrected chi connectivity index (χ3v) is 4.17. The summed E-state index contributed by atoms with van der Waals surface area (Å²) in [6.45, 7) is 6.22. The van der Waals surface area contributed by atoms with E-state index < -0.39 is 12.0 Å². The van der Waals surface area contributed by atoms with Crippen molar-refractivity contribution in [2.45, 2.75) is 110 Å². The highest BCUT2D eigenvalue weighted by atomic mass is 16.4. The molecule has 3 nitrogen and oxygen atoms in total. The number of rotatable bonds is 15. The van der Waals surface area contributed by atoms with E-state index in [4.69, 9.17) is 5.11 Å². The van der Waals surface area contributed by atoms with Gasteiger partial charge in [-0.25, -0.2) is 0 Å². The molecule has 0 rings (SSSR count). The van der Waals surface area contributed by atoms with E-state index in [-0.39, 0.29) is 0 Å². The van der Waals surface area contributed by atoms with Gasteiger partial charge in [0.25, 0.3) is 0 Å². The first-order valence-electron chi connectivity index (χ1n) is 9.10. The fourth-order valence-electron chi connectivity index (χ4n) is 2.72. The van der Waals surface area contributed by atoms with Gasteiger partial charge in [-0.2, -0.15) is 0 Å². The Hall–Kier alpha value is -0.570. The fourth-order valence-corrected chi connectivity index (χ4v) is 2.72. The molecule has 1 atom stereocenters. The quantitative estimate of drug-likeness (QED) is 0.412. The van der Waals surface area contributed by atoms with Crippen LogP contribution in [0.3, 0.4) is 0 Å². The lowest BCUT2D eigenvalue weighted by Gasteiger charge is -2.21. The first kappa shape index (κ1) is 20.4. The SMILES string of the molecule is CCCCCCCC(CCCCCCC)N[C@@H](C)C(=O)O. The van der Waals surface area contributed by atoms with Crippen molar-refractivity contribution in [3.05, 3.63) is 0 Å². The normalized spacial score (nSPS) is 12.8. The van der Waals surface area contributed by atoms with Crippen molar-refractivity contribution in [1.82, 2.24) is 5.32 Å². The molecule has 0 spiro atoms. The van der Waals surface area contributed by atoms with E-state index in [1.54, 1.807) is 6.92 Å². The second kappa shape index (κ2) is 14.4. The molecule has 0 aromatic heterocycles. The van der Waals surface area contributed by atoms with Crippen LogP contribution in [0.25, 0.3) is 0 Å². The zero-order valence-electron chi connectivity index (χ0n) is 14.5. The molecule has 0 aromatic carbocycles. The van der Waals surface area contributed by atoms with Gasteiger partial charge in [0.2, 0.25) is 0 Å². The molecular weight excluding hydrogens is 262 g/mol. The number of nitrogens with one attached hydrogen (secondary N) is 1. The van der Waals surface area contributed by atoms with Crippen LogP contribution in [-0.2, 0) is 4.79 Å². The highest BCUT2D eigenvalue weighted by Crippen LogP contribution is 2.14. The van der Waals surface area contributed by atoms with E-state index in [1.165, 1.54) is 64.2 Å². The van der Waals surface area contributed by atoms with E-state index >= 15 is 0 Å². The largest absolute Gasteiger partial charge is 0.480 e. The smallest absolute Gasteiger partial charge is 0.320 e. The summed E-state index contributed by atoms with van der Waals surface area (Å²) < 4.78 is 0. The summed E-state index contributed by atoms with van der Waals surface area (Å²) in [6.07, 6.45) is 15.1. The Morgan fingerprint density at radius 2 is 1.29 bits per heavy atom. The summed E-state index contributed by atoms with van der Waals surface area (Å²) in [4.78, 5) is 11.0. The lowest BCUT2D eigenvalue weighted by atomic mass is 9.99. The zero-order chi connectivity index (χ0) is 15.9. The van der Waals surface area contributed by atoms with E-state index in [0.29, 0.717) is 6.04 Å². The standard InChI is InChI=1S/C18H37NO2/c1-4-6-8-10-12-14-17(19-16(3)18(20)21)15-13-11-9-7-5-2/h16-17,19H,4-15H2,1-3H3,(H,20,21)/t16-/m0/s1. The Morgan fingerprint density at radius 3 is 1.67 bits per heavy atom. The van der Waals surface area contributed by atoms with Gasteiger partial charge in [0, 0.05) is 6.04 Å². The third kappa shape index (κ3) is 12.9. The summed E-state index contributed by atoms with van der Waals surface area (Å²) in [6, 6.07) is -0.0550. The molecule has 0 aliphatic rings. The monoisotopic (exact) mass is 299 g/mol. The van der Waals surface area contributed by atoms with Crippen LogP contribution in [0, 0.1) is 0 Å². The van der Waals surface area contributed by atoms with Crippen LogP contribution in [0.5, 0.6) is 0 Å². The van der Waals surface area contributed by atoms with E-state index in [1.807, 2.05) is 0 Å². The molecule has 0 aromatic rings. The van der Waals surface area contributed by atoms with Crippen molar-refractivity contribution in [2.24, 2.45) is 0 Å². The molecule has 2 N–H and O–H groups in total. The van der Waals surface area contributed by atoms with Crippen molar-refractivity contribution >= 4 is 5.97 Å². The minimum Gasteiger partial charge on any atom is -0.480 e. The van der Waals surface area contributed by atoms with Crippen molar-refractivity contribution in [3.63, 3.8) is 0 Å². The molecule has 0 bridgehead atoms. The van der Waals surface area contributed by atoms with Crippen LogP contribution < -0.4 is 5.32 Å². The third-order valence-electron chi connectivity index (χ3n) is 4.17. The number of hydrogen-bond donors (Lipinski definition) is 2. The van der Waals surface area contributed by atoms with Gasteiger partial charge in [0.1, 0.15) is 6.04 Å². The highest BCUT2D eigenvalue weighted by Gasteiger charge is 2.16. The Balaban J connectivity index is 3.93. The van der Waals surface area contributed by atoms with Gasteiger partial charge >= 0.3 is 5.97 Å². The minimum atomic E-state index is -0.739. The molecule has 0 aliphatic heterocycles. The average Bonchev–Trinajstić information content (AvgIpc) is 2.46. The van der Waals surface area contributed by atoms with Crippen LogP contribution in [-0.4, -0.2) is 23.2 Å². The molecule has 126 valence electrons.